The zero-order chi connectivity index (χ0) is 18.5. The minimum atomic E-state index is -3.22. The van der Waals surface area contributed by atoms with Gasteiger partial charge in [-0.15, -0.1) is 5.10 Å². The van der Waals surface area contributed by atoms with E-state index in [1.165, 1.54) is 10.6 Å². The van der Waals surface area contributed by atoms with E-state index in [1.54, 1.807) is 4.68 Å². The molecule has 0 unspecified atom stereocenters. The normalized spacial score (nSPS) is 17.8. The van der Waals surface area contributed by atoms with Crippen LogP contribution in [0, 0.1) is 6.92 Å². The predicted molar refractivity (Wildman–Crippen MR) is 95.5 cm³/mol. The van der Waals surface area contributed by atoms with Crippen LogP contribution in [0.1, 0.15) is 40.2 Å². The Morgan fingerprint density at radius 1 is 1.31 bits per heavy atom. The van der Waals surface area contributed by atoms with Crippen LogP contribution in [-0.4, -0.2) is 52.5 Å². The number of hydrogen-bond acceptors (Lipinski definition) is 5. The number of rotatable bonds is 4. The smallest absolute Gasteiger partial charge is 0.273 e. The molecule has 4 rings (SSSR count). The molecule has 8 nitrogen and oxygen atoms in total. The summed E-state index contributed by atoms with van der Waals surface area (Å²) in [4.78, 5) is 12.3. The number of fused-ring (bicyclic) bond motifs is 1. The average Bonchev–Trinajstić information content (AvgIpc) is 3.32. The molecule has 9 heteroatoms. The highest BCUT2D eigenvalue weighted by molar-refractivity contribution is 7.88. The standard InChI is InChI=1S/C17H21N5O3S/c1-11-16(17(23)18-13-6-7-13)19-20-22(11)15-5-3-4-12-10-21(26(2,24)25)9-8-14(12)15/h3-5,13H,6-10H2,1-2H3,(H,18,23). The summed E-state index contributed by atoms with van der Waals surface area (Å²) in [6.45, 7) is 2.61. The third-order valence-electron chi connectivity index (χ3n) is 4.93. The van der Waals surface area contributed by atoms with Gasteiger partial charge in [0.2, 0.25) is 10.0 Å². The third-order valence-corrected chi connectivity index (χ3v) is 6.18. The zero-order valence-corrected chi connectivity index (χ0v) is 15.6. The molecule has 0 spiro atoms. The van der Waals surface area contributed by atoms with Crippen LogP contribution in [0.3, 0.4) is 0 Å². The second-order valence-electron chi connectivity index (χ2n) is 6.94. The molecule has 0 atom stereocenters. The molecule has 1 saturated carbocycles. The van der Waals surface area contributed by atoms with Crippen molar-refractivity contribution in [1.29, 1.82) is 0 Å². The van der Waals surface area contributed by atoms with Crippen LogP contribution < -0.4 is 5.32 Å². The Morgan fingerprint density at radius 3 is 2.77 bits per heavy atom. The van der Waals surface area contributed by atoms with Gasteiger partial charge in [-0.1, -0.05) is 17.3 Å². The van der Waals surface area contributed by atoms with Gasteiger partial charge in [0, 0.05) is 19.1 Å². The van der Waals surface area contributed by atoms with E-state index in [1.807, 2.05) is 25.1 Å². The highest BCUT2D eigenvalue weighted by Gasteiger charge is 2.28. The molecule has 1 N–H and O–H groups in total. The Kier molecular flexibility index (Phi) is 4.07. The summed E-state index contributed by atoms with van der Waals surface area (Å²) < 4.78 is 26.8. The maximum Gasteiger partial charge on any atom is 0.273 e. The summed E-state index contributed by atoms with van der Waals surface area (Å²) in [6.07, 6.45) is 3.86. The SMILES string of the molecule is Cc1c(C(=O)NC2CC2)nnn1-c1cccc2c1CCN(S(C)(=O)=O)C2. The summed E-state index contributed by atoms with van der Waals surface area (Å²) in [5.41, 5.74) is 3.88. The fraction of sp³-hybridized carbons (Fsp3) is 0.471. The van der Waals surface area contributed by atoms with Crippen molar-refractivity contribution < 1.29 is 13.2 Å². The molecule has 1 aromatic carbocycles. The topological polar surface area (TPSA) is 97.2 Å². The van der Waals surface area contributed by atoms with Crippen molar-refractivity contribution in [3.05, 3.63) is 40.7 Å². The third kappa shape index (κ3) is 3.12. The quantitative estimate of drug-likeness (QED) is 0.852. The molecule has 0 radical (unpaired) electrons. The molecule has 1 aliphatic carbocycles. The number of amides is 1. The summed E-state index contributed by atoms with van der Waals surface area (Å²) in [6, 6.07) is 6.01. The number of sulfonamides is 1. The van der Waals surface area contributed by atoms with Crippen LogP contribution in [0.2, 0.25) is 0 Å². The van der Waals surface area contributed by atoms with Gasteiger partial charge < -0.3 is 5.32 Å². The number of carbonyl (C=O) groups excluding carboxylic acids is 1. The van der Waals surface area contributed by atoms with E-state index in [9.17, 15) is 13.2 Å². The first-order chi connectivity index (χ1) is 12.3. The number of hydrogen-bond donors (Lipinski definition) is 1. The number of nitrogens with zero attached hydrogens (tertiary/aromatic N) is 4. The van der Waals surface area contributed by atoms with E-state index >= 15 is 0 Å². The van der Waals surface area contributed by atoms with Crippen molar-refractivity contribution in [1.82, 2.24) is 24.6 Å². The van der Waals surface area contributed by atoms with E-state index in [-0.39, 0.29) is 11.9 Å². The van der Waals surface area contributed by atoms with E-state index in [0.29, 0.717) is 30.9 Å². The van der Waals surface area contributed by atoms with E-state index in [4.69, 9.17) is 0 Å². The second kappa shape index (κ2) is 6.17. The number of nitrogens with one attached hydrogen (secondary N) is 1. The number of benzene rings is 1. The van der Waals surface area contributed by atoms with Crippen molar-refractivity contribution in [2.45, 2.75) is 38.8 Å². The summed E-state index contributed by atoms with van der Waals surface area (Å²) in [7, 11) is -3.22. The number of carbonyl (C=O) groups is 1. The van der Waals surface area contributed by atoms with Gasteiger partial charge in [0.25, 0.3) is 5.91 Å². The minimum Gasteiger partial charge on any atom is -0.348 e. The van der Waals surface area contributed by atoms with Crippen LogP contribution >= 0.6 is 0 Å². The van der Waals surface area contributed by atoms with Crippen LogP contribution in [0.5, 0.6) is 0 Å². The van der Waals surface area contributed by atoms with Gasteiger partial charge in [-0.05, 0) is 43.4 Å². The van der Waals surface area contributed by atoms with Gasteiger partial charge in [-0.3, -0.25) is 4.79 Å². The second-order valence-corrected chi connectivity index (χ2v) is 8.93. The maximum absolute atomic E-state index is 12.3. The molecule has 1 aliphatic heterocycles. The molecule has 0 bridgehead atoms. The van der Waals surface area contributed by atoms with Crippen LogP contribution in [0.4, 0.5) is 0 Å². The van der Waals surface area contributed by atoms with Crippen molar-refractivity contribution in [2.24, 2.45) is 0 Å². The van der Waals surface area contributed by atoms with E-state index in [0.717, 1.165) is 29.7 Å². The summed E-state index contributed by atoms with van der Waals surface area (Å²) in [5.74, 6) is -0.190. The lowest BCUT2D eigenvalue weighted by Gasteiger charge is -2.28. The highest BCUT2D eigenvalue weighted by atomic mass is 32.2. The van der Waals surface area contributed by atoms with Crippen molar-refractivity contribution in [3.8, 4) is 5.69 Å². The van der Waals surface area contributed by atoms with Crippen LogP contribution in [-0.2, 0) is 23.0 Å². The first-order valence-electron chi connectivity index (χ1n) is 8.64. The molecule has 26 heavy (non-hydrogen) atoms. The fourth-order valence-corrected chi connectivity index (χ4v) is 4.09. The molecule has 2 aliphatic rings. The molecule has 1 fully saturated rings. The minimum absolute atomic E-state index is 0.190. The van der Waals surface area contributed by atoms with Gasteiger partial charge in [-0.25, -0.2) is 13.1 Å². The van der Waals surface area contributed by atoms with E-state index in [2.05, 4.69) is 15.6 Å². The number of aromatic nitrogens is 3. The Morgan fingerprint density at radius 2 is 2.08 bits per heavy atom. The summed E-state index contributed by atoms with van der Waals surface area (Å²) >= 11 is 0. The van der Waals surface area contributed by atoms with Crippen molar-refractivity contribution in [3.63, 3.8) is 0 Å². The molecule has 2 heterocycles. The van der Waals surface area contributed by atoms with Gasteiger partial charge in [0.1, 0.15) is 0 Å². The zero-order valence-electron chi connectivity index (χ0n) is 14.8. The predicted octanol–water partition coefficient (Wildman–Crippen LogP) is 0.786. The molecular formula is C17H21N5O3S. The first kappa shape index (κ1) is 17.2. The molecular weight excluding hydrogens is 354 g/mol. The Hall–Kier alpha value is -2.26. The Balaban J connectivity index is 1.67. The van der Waals surface area contributed by atoms with Gasteiger partial charge in [-0.2, -0.15) is 4.31 Å². The lowest BCUT2D eigenvalue weighted by molar-refractivity contribution is 0.0945. The van der Waals surface area contributed by atoms with Gasteiger partial charge in [0.05, 0.1) is 17.6 Å². The monoisotopic (exact) mass is 375 g/mol. The van der Waals surface area contributed by atoms with Crippen LogP contribution in [0.25, 0.3) is 5.69 Å². The molecule has 0 saturated heterocycles. The van der Waals surface area contributed by atoms with Crippen LogP contribution in [0.15, 0.2) is 18.2 Å². The molecule has 2 aromatic rings. The van der Waals surface area contributed by atoms with Crippen molar-refractivity contribution in [2.75, 3.05) is 12.8 Å². The average molecular weight is 375 g/mol. The van der Waals surface area contributed by atoms with Gasteiger partial charge in [0.15, 0.2) is 5.69 Å². The van der Waals surface area contributed by atoms with Crippen molar-refractivity contribution >= 4 is 15.9 Å². The fourth-order valence-electron chi connectivity index (χ4n) is 3.29. The maximum atomic E-state index is 12.3. The summed E-state index contributed by atoms with van der Waals surface area (Å²) in [5, 5.41) is 11.2. The molecule has 138 valence electrons. The Bertz CT molecular complexity index is 978. The molecule has 1 aromatic heterocycles. The van der Waals surface area contributed by atoms with E-state index < -0.39 is 10.0 Å². The Labute approximate surface area is 152 Å². The lowest BCUT2D eigenvalue weighted by atomic mass is 9.99. The molecule has 1 amide bonds. The largest absolute Gasteiger partial charge is 0.348 e. The first-order valence-corrected chi connectivity index (χ1v) is 10.5. The highest BCUT2D eigenvalue weighted by Crippen LogP contribution is 2.27. The lowest BCUT2D eigenvalue weighted by Crippen LogP contribution is -2.35. The van der Waals surface area contributed by atoms with Gasteiger partial charge >= 0.3 is 0 Å².